The molecule has 0 aromatic carbocycles. The number of carbonyl (C=O) groups excluding carboxylic acids is 1. The van der Waals surface area contributed by atoms with Crippen LogP contribution in [0.2, 0.25) is 0 Å². The van der Waals surface area contributed by atoms with Crippen molar-refractivity contribution in [1.82, 2.24) is 15.1 Å². The van der Waals surface area contributed by atoms with Crippen molar-refractivity contribution in [2.75, 3.05) is 0 Å². The number of nitrogens with two attached hydrogens (primary N) is 1. The second-order valence-corrected chi connectivity index (χ2v) is 5.68. The molecule has 0 spiro atoms. The molecule has 20 heavy (non-hydrogen) atoms. The summed E-state index contributed by atoms with van der Waals surface area (Å²) in [5.74, 6) is 0.229. The van der Waals surface area contributed by atoms with Gasteiger partial charge in [0.05, 0.1) is 6.54 Å². The van der Waals surface area contributed by atoms with E-state index in [1.54, 1.807) is 10.9 Å². The fourth-order valence-corrected chi connectivity index (χ4v) is 2.83. The summed E-state index contributed by atoms with van der Waals surface area (Å²) in [6.07, 6.45) is 4.76. The lowest BCUT2D eigenvalue weighted by Crippen LogP contribution is -2.58. The quantitative estimate of drug-likeness (QED) is 0.317. The third kappa shape index (κ3) is 2.61. The maximum Gasteiger partial charge on any atom is 0.234 e. The van der Waals surface area contributed by atoms with Crippen LogP contribution < -0.4 is 11.1 Å². The molecule has 1 aromatic heterocycles. The van der Waals surface area contributed by atoms with Crippen LogP contribution in [0.25, 0.3) is 0 Å². The first-order valence-electron chi connectivity index (χ1n) is 6.74. The van der Waals surface area contributed by atoms with Crippen LogP contribution in [0, 0.1) is 11.3 Å². The molecule has 1 fully saturated rings. The highest BCUT2D eigenvalue weighted by Gasteiger charge is 2.52. The van der Waals surface area contributed by atoms with Crippen LogP contribution in [0.15, 0.2) is 23.6 Å². The molecular formula is C13H21N5O2. The van der Waals surface area contributed by atoms with E-state index >= 15 is 0 Å². The summed E-state index contributed by atoms with van der Waals surface area (Å²) in [4.78, 5) is 12.4. The smallest absolute Gasteiger partial charge is 0.234 e. The first kappa shape index (κ1) is 14.4. The van der Waals surface area contributed by atoms with Gasteiger partial charge in [-0.15, -0.1) is 0 Å². The topological polar surface area (TPSA) is 106 Å². The maximum absolute atomic E-state index is 12.4. The molecule has 7 nitrogen and oxygen atoms in total. The Morgan fingerprint density at radius 3 is 2.90 bits per heavy atom. The van der Waals surface area contributed by atoms with E-state index in [9.17, 15) is 4.79 Å². The van der Waals surface area contributed by atoms with Crippen molar-refractivity contribution in [3.63, 3.8) is 0 Å². The number of hydrogen-bond donors (Lipinski definition) is 3. The van der Waals surface area contributed by atoms with Gasteiger partial charge in [-0.3, -0.25) is 9.48 Å². The molecule has 1 saturated carbocycles. The second kappa shape index (κ2) is 5.52. The molecule has 0 saturated heterocycles. The minimum Gasteiger partial charge on any atom is -0.409 e. The summed E-state index contributed by atoms with van der Waals surface area (Å²) in [5, 5.41) is 18.9. The van der Waals surface area contributed by atoms with Crippen LogP contribution in [0.5, 0.6) is 0 Å². The SMILES string of the molecule is CC1CC(C(=O)NC(C)Cn2cccn2)(/C(N)=N/O)C1. The Morgan fingerprint density at radius 1 is 1.70 bits per heavy atom. The molecule has 0 bridgehead atoms. The van der Waals surface area contributed by atoms with Crippen LogP contribution in [-0.2, 0) is 11.3 Å². The Bertz CT molecular complexity index is 491. The van der Waals surface area contributed by atoms with E-state index in [1.165, 1.54) is 0 Å². The van der Waals surface area contributed by atoms with Gasteiger partial charge in [0.2, 0.25) is 5.91 Å². The predicted octanol–water partition coefficient (Wildman–Crippen LogP) is 0.551. The lowest BCUT2D eigenvalue weighted by Gasteiger charge is -2.44. The number of nitrogens with one attached hydrogen (secondary N) is 1. The van der Waals surface area contributed by atoms with Gasteiger partial charge in [-0.1, -0.05) is 12.1 Å². The van der Waals surface area contributed by atoms with Gasteiger partial charge < -0.3 is 16.3 Å². The summed E-state index contributed by atoms with van der Waals surface area (Å²) < 4.78 is 1.75. The molecule has 0 aliphatic heterocycles. The molecule has 4 N–H and O–H groups in total. The summed E-state index contributed by atoms with van der Waals surface area (Å²) >= 11 is 0. The van der Waals surface area contributed by atoms with Gasteiger partial charge in [0.25, 0.3) is 0 Å². The summed E-state index contributed by atoms with van der Waals surface area (Å²) in [5.41, 5.74) is 4.86. The van der Waals surface area contributed by atoms with Gasteiger partial charge in [-0.2, -0.15) is 5.10 Å². The van der Waals surface area contributed by atoms with Crippen molar-refractivity contribution in [3.05, 3.63) is 18.5 Å². The molecule has 0 radical (unpaired) electrons. The first-order valence-corrected chi connectivity index (χ1v) is 6.74. The van der Waals surface area contributed by atoms with E-state index in [-0.39, 0.29) is 17.8 Å². The highest BCUT2D eigenvalue weighted by Crippen LogP contribution is 2.45. The van der Waals surface area contributed by atoms with Crippen LogP contribution in [0.4, 0.5) is 0 Å². The molecule has 1 atom stereocenters. The third-order valence-electron chi connectivity index (χ3n) is 3.82. The van der Waals surface area contributed by atoms with E-state index < -0.39 is 5.41 Å². The zero-order chi connectivity index (χ0) is 14.8. The van der Waals surface area contributed by atoms with E-state index in [0.29, 0.717) is 25.3 Å². The third-order valence-corrected chi connectivity index (χ3v) is 3.82. The molecule has 1 amide bonds. The minimum atomic E-state index is -0.855. The predicted molar refractivity (Wildman–Crippen MR) is 74.1 cm³/mol. The number of amides is 1. The zero-order valence-corrected chi connectivity index (χ0v) is 11.8. The zero-order valence-electron chi connectivity index (χ0n) is 11.8. The molecule has 1 heterocycles. The normalized spacial score (nSPS) is 27.7. The molecule has 1 aliphatic rings. The Morgan fingerprint density at radius 2 is 2.40 bits per heavy atom. The Kier molecular flexibility index (Phi) is 3.96. The number of aromatic nitrogens is 2. The summed E-state index contributed by atoms with van der Waals surface area (Å²) in [7, 11) is 0. The fraction of sp³-hybridized carbons (Fsp3) is 0.615. The fourth-order valence-electron chi connectivity index (χ4n) is 2.83. The average Bonchev–Trinajstić information content (AvgIpc) is 2.86. The minimum absolute atomic E-state index is 0.000566. The largest absolute Gasteiger partial charge is 0.409 e. The van der Waals surface area contributed by atoms with Gasteiger partial charge >= 0.3 is 0 Å². The van der Waals surface area contributed by atoms with Crippen molar-refractivity contribution in [3.8, 4) is 0 Å². The number of oxime groups is 1. The van der Waals surface area contributed by atoms with E-state index in [1.807, 2.05) is 26.1 Å². The van der Waals surface area contributed by atoms with Gasteiger partial charge in [-0.05, 0) is 31.7 Å². The number of hydrogen-bond acceptors (Lipinski definition) is 4. The summed E-state index contributed by atoms with van der Waals surface area (Å²) in [6, 6.07) is 1.75. The summed E-state index contributed by atoms with van der Waals surface area (Å²) in [6.45, 7) is 4.53. The molecule has 110 valence electrons. The Balaban J connectivity index is 1.99. The van der Waals surface area contributed by atoms with E-state index in [2.05, 4.69) is 15.6 Å². The monoisotopic (exact) mass is 279 g/mol. The second-order valence-electron chi connectivity index (χ2n) is 5.68. The van der Waals surface area contributed by atoms with Crippen LogP contribution in [0.1, 0.15) is 26.7 Å². The standard InChI is InChI=1S/C13H21N5O2/c1-9-6-13(7-9,11(14)17-20)12(19)16-10(2)8-18-5-3-4-15-18/h3-5,9-10,20H,6-8H2,1-2H3,(H2,14,17)(H,16,19). The highest BCUT2D eigenvalue weighted by atomic mass is 16.4. The van der Waals surface area contributed by atoms with E-state index in [0.717, 1.165) is 0 Å². The van der Waals surface area contributed by atoms with Gasteiger partial charge in [0, 0.05) is 18.4 Å². The maximum atomic E-state index is 12.4. The number of rotatable bonds is 5. The molecule has 7 heteroatoms. The van der Waals surface area contributed by atoms with Crippen molar-refractivity contribution in [2.45, 2.75) is 39.3 Å². The highest BCUT2D eigenvalue weighted by molar-refractivity contribution is 6.07. The van der Waals surface area contributed by atoms with Gasteiger partial charge in [0.15, 0.2) is 5.84 Å². The van der Waals surface area contributed by atoms with Crippen molar-refractivity contribution < 1.29 is 10.0 Å². The number of nitrogens with zero attached hydrogens (tertiary/aromatic N) is 3. The lowest BCUT2D eigenvalue weighted by atomic mass is 9.61. The first-order chi connectivity index (χ1) is 9.48. The van der Waals surface area contributed by atoms with Gasteiger partial charge in [0.1, 0.15) is 5.41 Å². The van der Waals surface area contributed by atoms with Crippen molar-refractivity contribution in [1.29, 1.82) is 0 Å². The lowest BCUT2D eigenvalue weighted by molar-refractivity contribution is -0.133. The average molecular weight is 279 g/mol. The van der Waals surface area contributed by atoms with Gasteiger partial charge in [-0.25, -0.2) is 0 Å². The number of carbonyl (C=O) groups is 1. The number of amidine groups is 1. The van der Waals surface area contributed by atoms with Crippen LogP contribution in [0.3, 0.4) is 0 Å². The van der Waals surface area contributed by atoms with Crippen LogP contribution in [-0.4, -0.2) is 32.8 Å². The van der Waals surface area contributed by atoms with Crippen molar-refractivity contribution >= 4 is 11.7 Å². The molecule has 1 unspecified atom stereocenters. The van der Waals surface area contributed by atoms with Crippen LogP contribution >= 0.6 is 0 Å². The molecule has 1 aliphatic carbocycles. The molecule has 1 aromatic rings. The van der Waals surface area contributed by atoms with Crippen molar-refractivity contribution in [2.24, 2.45) is 22.2 Å². The Hall–Kier alpha value is -2.05. The molecular weight excluding hydrogens is 258 g/mol. The Labute approximate surface area is 117 Å². The molecule has 2 rings (SSSR count). The van der Waals surface area contributed by atoms with E-state index in [4.69, 9.17) is 10.9 Å².